The van der Waals surface area contributed by atoms with Crippen LogP contribution in [0.4, 0.5) is 0 Å². The summed E-state index contributed by atoms with van der Waals surface area (Å²) in [6, 6.07) is 26.1. The molecule has 0 amide bonds. The van der Waals surface area contributed by atoms with Crippen LogP contribution in [-0.2, 0) is 9.47 Å². The van der Waals surface area contributed by atoms with Crippen molar-refractivity contribution < 1.29 is 9.47 Å². The summed E-state index contributed by atoms with van der Waals surface area (Å²) in [4.78, 5) is 14.0. The van der Waals surface area contributed by atoms with Gasteiger partial charge in [0, 0.05) is 0 Å². The standard InChI is InChI=1S/C24H21N3O2/c1-16-22(18-11-6-3-7-12-18)29-24(26-16)20-14-8-13-19(27-20)23-25-15-21(28-23)17-9-4-2-5-10-17/h2-14,16,21-22H,15H2,1H3/t16-,21+,22+/m0/s1. The first kappa shape index (κ1) is 17.6. The number of aromatic nitrogens is 1. The normalized spacial score (nSPS) is 23.1. The van der Waals surface area contributed by atoms with Crippen LogP contribution in [0, 0.1) is 0 Å². The molecule has 0 radical (unpaired) electrons. The zero-order chi connectivity index (χ0) is 19.6. The van der Waals surface area contributed by atoms with E-state index in [-0.39, 0.29) is 18.2 Å². The SMILES string of the molecule is C[C@@H]1N=C(c2cccc(C3=NC[C@H](c4ccccc4)O3)n2)O[C@H]1c1ccccc1. The largest absolute Gasteiger partial charge is 0.466 e. The van der Waals surface area contributed by atoms with Crippen molar-refractivity contribution in [3.8, 4) is 0 Å². The topological polar surface area (TPSA) is 56.1 Å². The quantitative estimate of drug-likeness (QED) is 0.666. The van der Waals surface area contributed by atoms with Crippen molar-refractivity contribution in [2.24, 2.45) is 9.98 Å². The lowest BCUT2D eigenvalue weighted by molar-refractivity contribution is 0.202. The summed E-state index contributed by atoms with van der Waals surface area (Å²) in [6.07, 6.45) is -0.168. The van der Waals surface area contributed by atoms with E-state index in [0.29, 0.717) is 29.7 Å². The highest BCUT2D eigenvalue weighted by Crippen LogP contribution is 2.30. The molecule has 0 saturated heterocycles. The molecular weight excluding hydrogens is 362 g/mol. The van der Waals surface area contributed by atoms with E-state index in [0.717, 1.165) is 11.1 Å². The second-order valence-electron chi connectivity index (χ2n) is 7.20. The zero-order valence-electron chi connectivity index (χ0n) is 16.1. The molecular formula is C24H21N3O2. The van der Waals surface area contributed by atoms with Crippen molar-refractivity contribution in [2.45, 2.75) is 25.2 Å². The molecule has 1 aromatic heterocycles. The van der Waals surface area contributed by atoms with Crippen LogP contribution in [0.3, 0.4) is 0 Å². The monoisotopic (exact) mass is 383 g/mol. The molecule has 3 atom stereocenters. The highest BCUT2D eigenvalue weighted by Gasteiger charge is 2.31. The minimum absolute atomic E-state index is 0.0281. The van der Waals surface area contributed by atoms with Crippen LogP contribution in [0.2, 0.25) is 0 Å². The summed E-state index contributed by atoms with van der Waals surface area (Å²) < 4.78 is 12.2. The van der Waals surface area contributed by atoms with E-state index in [2.05, 4.69) is 36.2 Å². The summed E-state index contributed by atoms with van der Waals surface area (Å²) in [5.41, 5.74) is 3.62. The molecule has 144 valence electrons. The Bertz CT molecular complexity index is 1060. The third-order valence-corrected chi connectivity index (χ3v) is 5.14. The van der Waals surface area contributed by atoms with Crippen LogP contribution in [0.1, 0.15) is 41.6 Å². The Morgan fingerprint density at radius 3 is 2.10 bits per heavy atom. The van der Waals surface area contributed by atoms with Gasteiger partial charge in [-0.05, 0) is 30.2 Å². The maximum Gasteiger partial charge on any atom is 0.236 e. The van der Waals surface area contributed by atoms with Crippen LogP contribution in [0.25, 0.3) is 0 Å². The van der Waals surface area contributed by atoms with E-state index in [9.17, 15) is 0 Å². The van der Waals surface area contributed by atoms with Gasteiger partial charge in [-0.2, -0.15) is 0 Å². The molecule has 0 bridgehead atoms. The molecule has 5 nitrogen and oxygen atoms in total. The van der Waals surface area contributed by atoms with Gasteiger partial charge in [0.1, 0.15) is 23.6 Å². The molecule has 0 fully saturated rings. The molecule has 2 aliphatic rings. The number of nitrogens with zero attached hydrogens (tertiary/aromatic N) is 3. The molecule has 2 aliphatic heterocycles. The van der Waals surface area contributed by atoms with E-state index >= 15 is 0 Å². The summed E-state index contributed by atoms with van der Waals surface area (Å²) >= 11 is 0. The van der Waals surface area contributed by atoms with Gasteiger partial charge >= 0.3 is 0 Å². The van der Waals surface area contributed by atoms with Crippen molar-refractivity contribution >= 4 is 11.8 Å². The Kier molecular flexibility index (Phi) is 4.56. The van der Waals surface area contributed by atoms with Crippen LogP contribution in [0.15, 0.2) is 88.8 Å². The molecule has 0 unspecified atom stereocenters. The van der Waals surface area contributed by atoms with E-state index < -0.39 is 0 Å². The van der Waals surface area contributed by atoms with Gasteiger partial charge in [0.15, 0.2) is 0 Å². The Morgan fingerprint density at radius 1 is 0.724 bits per heavy atom. The lowest BCUT2D eigenvalue weighted by atomic mass is 10.0. The summed E-state index contributed by atoms with van der Waals surface area (Å²) in [5.74, 6) is 1.12. The summed E-state index contributed by atoms with van der Waals surface area (Å²) in [5, 5.41) is 0. The molecule has 5 rings (SSSR count). The second kappa shape index (κ2) is 7.51. The van der Waals surface area contributed by atoms with Gasteiger partial charge in [0.2, 0.25) is 11.8 Å². The molecule has 0 aliphatic carbocycles. The van der Waals surface area contributed by atoms with Gasteiger partial charge in [0.25, 0.3) is 0 Å². The molecule has 3 aromatic rings. The fourth-order valence-electron chi connectivity index (χ4n) is 3.65. The zero-order valence-corrected chi connectivity index (χ0v) is 16.1. The van der Waals surface area contributed by atoms with Gasteiger partial charge in [-0.25, -0.2) is 15.0 Å². The van der Waals surface area contributed by atoms with E-state index in [1.165, 1.54) is 0 Å². The predicted molar refractivity (Wildman–Crippen MR) is 112 cm³/mol. The first-order chi connectivity index (χ1) is 14.3. The van der Waals surface area contributed by atoms with Crippen molar-refractivity contribution in [3.05, 3.63) is 101 Å². The summed E-state index contributed by atoms with van der Waals surface area (Å²) in [6.45, 7) is 2.65. The Morgan fingerprint density at radius 2 is 1.38 bits per heavy atom. The number of pyridine rings is 1. The van der Waals surface area contributed by atoms with Gasteiger partial charge in [-0.15, -0.1) is 0 Å². The van der Waals surface area contributed by atoms with Crippen molar-refractivity contribution in [1.82, 2.24) is 4.98 Å². The minimum atomic E-state index is -0.0980. The number of rotatable bonds is 4. The molecule has 0 spiro atoms. The van der Waals surface area contributed by atoms with Crippen molar-refractivity contribution in [3.63, 3.8) is 0 Å². The molecule has 0 N–H and O–H groups in total. The highest BCUT2D eigenvalue weighted by molar-refractivity contribution is 5.97. The number of benzene rings is 2. The van der Waals surface area contributed by atoms with Crippen LogP contribution >= 0.6 is 0 Å². The number of ether oxygens (including phenoxy) is 2. The van der Waals surface area contributed by atoms with Gasteiger partial charge < -0.3 is 9.47 Å². The van der Waals surface area contributed by atoms with E-state index in [4.69, 9.17) is 19.5 Å². The minimum Gasteiger partial charge on any atom is -0.466 e. The van der Waals surface area contributed by atoms with Crippen molar-refractivity contribution in [1.29, 1.82) is 0 Å². The fourth-order valence-corrected chi connectivity index (χ4v) is 3.65. The lowest BCUT2D eigenvalue weighted by Crippen LogP contribution is -2.13. The Balaban J connectivity index is 1.34. The van der Waals surface area contributed by atoms with Crippen molar-refractivity contribution in [2.75, 3.05) is 6.54 Å². The van der Waals surface area contributed by atoms with Gasteiger partial charge in [-0.3, -0.25) is 0 Å². The van der Waals surface area contributed by atoms with E-state index in [1.807, 2.05) is 54.6 Å². The average Bonchev–Trinajstić information content (AvgIpc) is 3.42. The number of hydrogen-bond acceptors (Lipinski definition) is 5. The Hall–Kier alpha value is -3.47. The fraction of sp³-hybridized carbons (Fsp3) is 0.208. The predicted octanol–water partition coefficient (Wildman–Crippen LogP) is 4.51. The maximum atomic E-state index is 6.16. The smallest absolute Gasteiger partial charge is 0.236 e. The molecule has 0 saturated carbocycles. The van der Waals surface area contributed by atoms with Crippen LogP contribution in [0.5, 0.6) is 0 Å². The first-order valence-electron chi connectivity index (χ1n) is 9.81. The van der Waals surface area contributed by atoms with Crippen LogP contribution < -0.4 is 0 Å². The molecule has 5 heteroatoms. The highest BCUT2D eigenvalue weighted by atomic mass is 16.5. The number of hydrogen-bond donors (Lipinski definition) is 0. The van der Waals surface area contributed by atoms with Crippen LogP contribution in [-0.4, -0.2) is 29.4 Å². The number of aliphatic imine (C=N–C) groups is 2. The molecule has 3 heterocycles. The molecule has 2 aromatic carbocycles. The average molecular weight is 383 g/mol. The Labute approximate surface area is 169 Å². The third kappa shape index (κ3) is 3.51. The second-order valence-corrected chi connectivity index (χ2v) is 7.20. The first-order valence-corrected chi connectivity index (χ1v) is 9.81. The lowest BCUT2D eigenvalue weighted by Gasteiger charge is -2.15. The molecule has 29 heavy (non-hydrogen) atoms. The van der Waals surface area contributed by atoms with Gasteiger partial charge in [0.05, 0.1) is 12.6 Å². The maximum absolute atomic E-state index is 6.16. The van der Waals surface area contributed by atoms with E-state index in [1.54, 1.807) is 0 Å². The van der Waals surface area contributed by atoms with Gasteiger partial charge in [-0.1, -0.05) is 66.7 Å². The summed E-state index contributed by atoms with van der Waals surface area (Å²) in [7, 11) is 0. The third-order valence-electron chi connectivity index (χ3n) is 5.14.